The van der Waals surface area contributed by atoms with Crippen molar-refractivity contribution in [2.75, 3.05) is 33.2 Å². The van der Waals surface area contributed by atoms with Crippen LogP contribution in [0.5, 0.6) is 0 Å². The van der Waals surface area contributed by atoms with Crippen molar-refractivity contribution < 1.29 is 4.79 Å². The summed E-state index contributed by atoms with van der Waals surface area (Å²) in [5.41, 5.74) is 4.82. The van der Waals surface area contributed by atoms with E-state index in [0.717, 1.165) is 53.9 Å². The summed E-state index contributed by atoms with van der Waals surface area (Å²) in [5.74, 6) is 0.0768. The van der Waals surface area contributed by atoms with E-state index in [2.05, 4.69) is 33.1 Å². The van der Waals surface area contributed by atoms with Crippen LogP contribution < -0.4 is 0 Å². The molecule has 0 bridgehead atoms. The molecule has 1 N–H and O–H groups in total. The van der Waals surface area contributed by atoms with Crippen molar-refractivity contribution in [3.8, 4) is 11.1 Å². The number of H-pyrrole nitrogens is 1. The van der Waals surface area contributed by atoms with E-state index in [-0.39, 0.29) is 5.91 Å². The van der Waals surface area contributed by atoms with Gasteiger partial charge in [-0.1, -0.05) is 0 Å². The predicted octanol–water partition coefficient (Wildman–Crippen LogP) is 2.27. The van der Waals surface area contributed by atoms with Crippen LogP contribution in [0.3, 0.4) is 0 Å². The van der Waals surface area contributed by atoms with Gasteiger partial charge in [0.1, 0.15) is 5.65 Å². The van der Waals surface area contributed by atoms with Crippen LogP contribution in [-0.2, 0) is 0 Å². The molecule has 2 aliphatic rings. The van der Waals surface area contributed by atoms with Crippen LogP contribution in [0, 0.1) is 5.41 Å². The molecule has 0 aliphatic carbocycles. The topological polar surface area (TPSA) is 69.5 Å². The normalized spacial score (nSPS) is 18.5. The summed E-state index contributed by atoms with van der Waals surface area (Å²) in [4.78, 5) is 24.9. The molecule has 6 rings (SSSR count). The average Bonchev–Trinajstić information content (AvgIpc) is 3.26. The number of aromatic nitrogens is 4. The van der Waals surface area contributed by atoms with E-state index in [0.29, 0.717) is 11.0 Å². The molecule has 4 aromatic heterocycles. The molecule has 7 nitrogen and oxygen atoms in total. The first-order valence-corrected chi connectivity index (χ1v) is 9.50. The lowest BCUT2D eigenvalue weighted by molar-refractivity contribution is -0.0871. The van der Waals surface area contributed by atoms with Crippen molar-refractivity contribution in [2.24, 2.45) is 5.41 Å². The van der Waals surface area contributed by atoms with Crippen LogP contribution in [0.2, 0.25) is 0 Å². The maximum atomic E-state index is 13.1. The lowest BCUT2D eigenvalue weighted by Crippen LogP contribution is -2.71. The van der Waals surface area contributed by atoms with E-state index < -0.39 is 0 Å². The highest BCUT2D eigenvalue weighted by Crippen LogP contribution is 2.39. The van der Waals surface area contributed by atoms with Gasteiger partial charge in [0.2, 0.25) is 0 Å². The maximum absolute atomic E-state index is 13.1. The Morgan fingerprint density at radius 2 is 2.07 bits per heavy atom. The Morgan fingerprint density at radius 3 is 2.89 bits per heavy atom. The highest BCUT2D eigenvalue weighted by Gasteiger charge is 2.52. The molecule has 0 aromatic carbocycles. The van der Waals surface area contributed by atoms with E-state index in [1.807, 2.05) is 35.5 Å². The molecule has 0 radical (unpaired) electrons. The fourth-order valence-corrected chi connectivity index (χ4v) is 4.88. The largest absolute Gasteiger partial charge is 0.346 e. The summed E-state index contributed by atoms with van der Waals surface area (Å²) in [6.07, 6.45) is 7.35. The molecule has 0 saturated carbocycles. The van der Waals surface area contributed by atoms with Crippen LogP contribution in [0.1, 0.15) is 10.4 Å². The fourth-order valence-electron chi connectivity index (χ4n) is 4.88. The van der Waals surface area contributed by atoms with Gasteiger partial charge in [0.15, 0.2) is 0 Å². The van der Waals surface area contributed by atoms with Gasteiger partial charge >= 0.3 is 0 Å². The van der Waals surface area contributed by atoms with E-state index in [9.17, 15) is 4.79 Å². The van der Waals surface area contributed by atoms with Gasteiger partial charge in [0.05, 0.1) is 17.3 Å². The van der Waals surface area contributed by atoms with E-state index >= 15 is 0 Å². The lowest BCUT2D eigenvalue weighted by Gasteiger charge is -2.59. The van der Waals surface area contributed by atoms with Crippen molar-refractivity contribution in [1.82, 2.24) is 29.4 Å². The Bertz CT molecular complexity index is 1220. The molecule has 2 fully saturated rings. The summed E-state index contributed by atoms with van der Waals surface area (Å²) in [7, 11) is 2.13. The number of hydrogen-bond acceptors (Lipinski definition) is 4. The number of carbonyl (C=O) groups excluding carboxylic acids is 1. The van der Waals surface area contributed by atoms with E-state index in [1.54, 1.807) is 16.9 Å². The second-order valence-corrected chi connectivity index (χ2v) is 8.24. The molecule has 4 aromatic rings. The molecule has 140 valence electrons. The number of hydrogen-bond donors (Lipinski definition) is 1. The molecule has 2 saturated heterocycles. The molecule has 1 spiro atoms. The predicted molar refractivity (Wildman–Crippen MR) is 106 cm³/mol. The monoisotopic (exact) mass is 372 g/mol. The Balaban J connectivity index is 1.35. The molecule has 7 heteroatoms. The molecule has 28 heavy (non-hydrogen) atoms. The summed E-state index contributed by atoms with van der Waals surface area (Å²) < 4.78 is 1.77. The number of rotatable bonds is 2. The zero-order valence-corrected chi connectivity index (χ0v) is 15.6. The molecule has 0 atom stereocenters. The zero-order valence-electron chi connectivity index (χ0n) is 15.6. The van der Waals surface area contributed by atoms with Crippen LogP contribution in [0.15, 0.2) is 49.1 Å². The van der Waals surface area contributed by atoms with Gasteiger partial charge in [-0.3, -0.25) is 4.79 Å². The van der Waals surface area contributed by atoms with E-state index in [1.165, 1.54) is 0 Å². The first-order chi connectivity index (χ1) is 13.6. The third kappa shape index (κ3) is 2.16. The van der Waals surface area contributed by atoms with Crippen molar-refractivity contribution >= 4 is 22.5 Å². The van der Waals surface area contributed by atoms with Crippen molar-refractivity contribution in [2.45, 2.75) is 0 Å². The number of amides is 1. The molecule has 1 amide bonds. The summed E-state index contributed by atoms with van der Waals surface area (Å²) in [6, 6.07) is 8.05. The van der Waals surface area contributed by atoms with Gasteiger partial charge in [0, 0.05) is 61.1 Å². The molecule has 6 heterocycles. The van der Waals surface area contributed by atoms with Crippen LogP contribution in [0.4, 0.5) is 0 Å². The van der Waals surface area contributed by atoms with Crippen molar-refractivity contribution in [3.63, 3.8) is 0 Å². The third-order valence-electron chi connectivity index (χ3n) is 6.06. The van der Waals surface area contributed by atoms with Gasteiger partial charge in [-0.15, -0.1) is 0 Å². The standard InChI is InChI=1S/C21H20N6O/c1-25-10-21(11-25)12-26(13-21)20(28)17-9-24-27-6-4-14(7-18(17)27)16-8-23-19-15(16)3-2-5-22-19/h2-9H,10-13H2,1H3,(H,22,23). The molecule has 2 aliphatic heterocycles. The van der Waals surface area contributed by atoms with Crippen LogP contribution >= 0.6 is 0 Å². The van der Waals surface area contributed by atoms with Gasteiger partial charge in [-0.25, -0.2) is 9.50 Å². The van der Waals surface area contributed by atoms with Gasteiger partial charge in [-0.2, -0.15) is 5.10 Å². The smallest absolute Gasteiger partial charge is 0.257 e. The van der Waals surface area contributed by atoms with Gasteiger partial charge < -0.3 is 14.8 Å². The second kappa shape index (κ2) is 5.42. The number of pyridine rings is 2. The zero-order chi connectivity index (χ0) is 18.9. The number of carbonyl (C=O) groups is 1. The van der Waals surface area contributed by atoms with Crippen LogP contribution in [0.25, 0.3) is 27.7 Å². The summed E-state index contributed by atoms with van der Waals surface area (Å²) in [5, 5.41) is 5.46. The molecular weight excluding hydrogens is 352 g/mol. The van der Waals surface area contributed by atoms with E-state index in [4.69, 9.17) is 0 Å². The number of aromatic amines is 1. The maximum Gasteiger partial charge on any atom is 0.257 e. The second-order valence-electron chi connectivity index (χ2n) is 8.24. The molecular formula is C21H20N6O. The number of nitrogens with zero attached hydrogens (tertiary/aromatic N) is 5. The SMILES string of the molecule is CN1CC2(C1)CN(C(=O)c1cnn3ccc(-c4c[nH]c5ncccc45)cc13)C2. The highest BCUT2D eigenvalue weighted by molar-refractivity contribution is 6.02. The number of fused-ring (bicyclic) bond motifs is 2. The minimum Gasteiger partial charge on any atom is -0.346 e. The van der Waals surface area contributed by atoms with Crippen molar-refractivity contribution in [1.29, 1.82) is 0 Å². The quantitative estimate of drug-likeness (QED) is 0.586. The van der Waals surface area contributed by atoms with Gasteiger partial charge in [-0.05, 0) is 36.9 Å². The number of nitrogens with one attached hydrogen (secondary N) is 1. The summed E-state index contributed by atoms with van der Waals surface area (Å²) in [6.45, 7) is 3.87. The first-order valence-electron chi connectivity index (χ1n) is 9.50. The fraction of sp³-hybridized carbons (Fsp3) is 0.286. The lowest BCUT2D eigenvalue weighted by atomic mass is 9.73. The molecule has 0 unspecified atom stereocenters. The van der Waals surface area contributed by atoms with Crippen molar-refractivity contribution in [3.05, 3.63) is 54.6 Å². The average molecular weight is 372 g/mol. The highest BCUT2D eigenvalue weighted by atomic mass is 16.2. The first kappa shape index (κ1) is 15.8. The van der Waals surface area contributed by atoms with Crippen LogP contribution in [-0.4, -0.2) is 68.5 Å². The Hall–Kier alpha value is -3.19. The number of likely N-dealkylation sites (tertiary alicyclic amines) is 2. The summed E-state index contributed by atoms with van der Waals surface area (Å²) >= 11 is 0. The Morgan fingerprint density at radius 1 is 1.21 bits per heavy atom. The Labute approximate surface area is 161 Å². The minimum atomic E-state index is 0.0768. The third-order valence-corrected chi connectivity index (χ3v) is 6.06. The Kier molecular flexibility index (Phi) is 3.06. The van der Waals surface area contributed by atoms with Gasteiger partial charge in [0.25, 0.3) is 5.91 Å². The minimum absolute atomic E-state index is 0.0768.